The van der Waals surface area contributed by atoms with Crippen LogP contribution in [0.25, 0.3) is 22.7 Å². The van der Waals surface area contributed by atoms with E-state index < -0.39 is 0 Å². The molecule has 0 spiro atoms. The van der Waals surface area contributed by atoms with Crippen LogP contribution < -0.4 is 0 Å². The van der Waals surface area contributed by atoms with Crippen molar-refractivity contribution in [2.24, 2.45) is 0 Å². The number of hydrogen-bond donors (Lipinski definition) is 0. The van der Waals surface area contributed by atoms with Gasteiger partial charge in [-0.15, -0.1) is 5.10 Å². The lowest BCUT2D eigenvalue weighted by Gasteiger charge is -2.00. The van der Waals surface area contributed by atoms with E-state index in [1.165, 1.54) is 12.3 Å². The minimum absolute atomic E-state index is 0.300. The monoisotopic (exact) mass is 280 g/mol. The van der Waals surface area contributed by atoms with E-state index in [0.29, 0.717) is 11.5 Å². The van der Waals surface area contributed by atoms with Gasteiger partial charge in [0.25, 0.3) is 0 Å². The van der Waals surface area contributed by atoms with Gasteiger partial charge in [0, 0.05) is 24.2 Å². The molecule has 0 atom stereocenters. The van der Waals surface area contributed by atoms with Crippen LogP contribution in [0, 0.1) is 5.82 Å². The Labute approximate surface area is 118 Å². The Morgan fingerprint density at radius 3 is 2.76 bits per heavy atom. The number of nitrogens with zero attached hydrogens (tertiary/aromatic N) is 6. The Morgan fingerprint density at radius 1 is 1.05 bits per heavy atom. The van der Waals surface area contributed by atoms with E-state index >= 15 is 0 Å². The van der Waals surface area contributed by atoms with Crippen molar-refractivity contribution >= 4 is 5.65 Å². The number of imidazole rings is 1. The Bertz CT molecular complexity index is 895. The number of aromatic nitrogens is 6. The second kappa shape index (κ2) is 4.48. The molecule has 0 fully saturated rings. The van der Waals surface area contributed by atoms with E-state index in [2.05, 4.69) is 20.3 Å². The molecule has 0 aromatic carbocycles. The maximum Gasteiger partial charge on any atom is 0.155 e. The lowest BCUT2D eigenvalue weighted by molar-refractivity contribution is 0.619. The number of pyridine rings is 2. The zero-order chi connectivity index (χ0) is 14.2. The highest BCUT2D eigenvalue weighted by atomic mass is 19.1. The van der Waals surface area contributed by atoms with Crippen LogP contribution in [0.15, 0.2) is 55.2 Å². The number of fused-ring (bicyclic) bond motifs is 1. The fourth-order valence-electron chi connectivity index (χ4n) is 2.11. The van der Waals surface area contributed by atoms with Crippen molar-refractivity contribution in [3.05, 3.63) is 61.1 Å². The molecule has 0 aliphatic rings. The molecule has 21 heavy (non-hydrogen) atoms. The first-order valence-electron chi connectivity index (χ1n) is 6.27. The predicted molar refractivity (Wildman–Crippen MR) is 73.3 cm³/mol. The van der Waals surface area contributed by atoms with Crippen LogP contribution in [0.4, 0.5) is 4.39 Å². The third-order valence-electron chi connectivity index (χ3n) is 3.12. The van der Waals surface area contributed by atoms with Crippen molar-refractivity contribution in [2.45, 2.75) is 0 Å². The summed E-state index contributed by atoms with van der Waals surface area (Å²) in [6.45, 7) is 0. The van der Waals surface area contributed by atoms with Crippen molar-refractivity contribution in [2.75, 3.05) is 0 Å². The lowest BCUT2D eigenvalue weighted by Crippen LogP contribution is -1.97. The minimum Gasteiger partial charge on any atom is -0.304 e. The van der Waals surface area contributed by atoms with Gasteiger partial charge in [0.15, 0.2) is 5.82 Å². The van der Waals surface area contributed by atoms with Gasteiger partial charge in [0.2, 0.25) is 0 Å². The normalized spacial score (nSPS) is 11.1. The zero-order valence-electron chi connectivity index (χ0n) is 10.8. The van der Waals surface area contributed by atoms with E-state index in [0.717, 1.165) is 11.3 Å². The molecule has 0 saturated heterocycles. The molecule has 6 nitrogen and oxygen atoms in total. The number of halogens is 1. The molecule has 4 rings (SSSR count). The summed E-state index contributed by atoms with van der Waals surface area (Å²) >= 11 is 0. The van der Waals surface area contributed by atoms with Crippen LogP contribution in [0.1, 0.15) is 0 Å². The largest absolute Gasteiger partial charge is 0.304 e. The second-order valence-electron chi connectivity index (χ2n) is 4.49. The van der Waals surface area contributed by atoms with Gasteiger partial charge in [-0.2, -0.15) is 0 Å². The third kappa shape index (κ3) is 2.04. The highest BCUT2D eigenvalue weighted by Gasteiger charge is 2.06. The van der Waals surface area contributed by atoms with Crippen LogP contribution in [0.3, 0.4) is 0 Å². The molecular formula is C14H9FN6. The molecule has 4 aromatic heterocycles. The summed E-state index contributed by atoms with van der Waals surface area (Å²) in [7, 11) is 0. The molecule has 0 unspecified atom stereocenters. The van der Waals surface area contributed by atoms with Crippen LogP contribution in [-0.4, -0.2) is 29.4 Å². The topological polar surface area (TPSA) is 60.9 Å². The van der Waals surface area contributed by atoms with Crippen LogP contribution in [0.2, 0.25) is 0 Å². The summed E-state index contributed by atoms with van der Waals surface area (Å²) < 4.78 is 16.4. The Morgan fingerprint density at radius 2 is 2.00 bits per heavy atom. The summed E-state index contributed by atoms with van der Waals surface area (Å²) in [4.78, 5) is 8.76. The molecule has 4 aromatic rings. The summed E-state index contributed by atoms with van der Waals surface area (Å²) in [5.74, 6) is 0.372. The first-order chi connectivity index (χ1) is 10.3. The van der Waals surface area contributed by atoms with E-state index in [-0.39, 0.29) is 5.82 Å². The first kappa shape index (κ1) is 11.7. The lowest BCUT2D eigenvalue weighted by atomic mass is 10.2. The molecule has 4 heterocycles. The molecule has 0 aliphatic carbocycles. The SMILES string of the molecule is Fc1ccc2nc(-c3ccc(-n4ccnn4)nc3)cn2c1. The van der Waals surface area contributed by atoms with Crippen molar-refractivity contribution in [3.63, 3.8) is 0 Å². The third-order valence-corrected chi connectivity index (χ3v) is 3.12. The molecule has 102 valence electrons. The van der Waals surface area contributed by atoms with Gasteiger partial charge in [-0.05, 0) is 24.3 Å². The van der Waals surface area contributed by atoms with Crippen molar-refractivity contribution in [3.8, 4) is 17.1 Å². The molecule has 0 N–H and O–H groups in total. The van der Waals surface area contributed by atoms with Crippen LogP contribution in [0.5, 0.6) is 0 Å². The average molecular weight is 280 g/mol. The highest BCUT2D eigenvalue weighted by Crippen LogP contribution is 2.19. The second-order valence-corrected chi connectivity index (χ2v) is 4.49. The Hall–Kier alpha value is -3.09. The molecule has 0 aliphatic heterocycles. The summed E-state index contributed by atoms with van der Waals surface area (Å²) in [5, 5.41) is 7.61. The Balaban J connectivity index is 1.74. The van der Waals surface area contributed by atoms with Gasteiger partial charge in [-0.1, -0.05) is 5.21 Å². The van der Waals surface area contributed by atoms with Gasteiger partial charge in [0.05, 0.1) is 18.1 Å². The van der Waals surface area contributed by atoms with Crippen molar-refractivity contribution < 1.29 is 4.39 Å². The van der Waals surface area contributed by atoms with Crippen LogP contribution in [-0.2, 0) is 0 Å². The first-order valence-corrected chi connectivity index (χ1v) is 6.27. The smallest absolute Gasteiger partial charge is 0.155 e. The van der Waals surface area contributed by atoms with Gasteiger partial charge >= 0.3 is 0 Å². The van der Waals surface area contributed by atoms with Gasteiger partial charge in [-0.25, -0.2) is 19.0 Å². The van der Waals surface area contributed by atoms with E-state index in [1.54, 1.807) is 39.9 Å². The maximum absolute atomic E-state index is 13.2. The van der Waals surface area contributed by atoms with Gasteiger partial charge in [-0.3, -0.25) is 0 Å². The van der Waals surface area contributed by atoms with E-state index in [4.69, 9.17) is 0 Å². The molecule has 0 saturated carbocycles. The molecule has 0 bridgehead atoms. The molecule has 7 heteroatoms. The summed E-state index contributed by atoms with van der Waals surface area (Å²) in [5.41, 5.74) is 2.27. The minimum atomic E-state index is -0.300. The molecular weight excluding hydrogens is 271 g/mol. The van der Waals surface area contributed by atoms with Gasteiger partial charge in [0.1, 0.15) is 11.5 Å². The zero-order valence-corrected chi connectivity index (χ0v) is 10.8. The standard InChI is InChI=1S/C14H9FN6/c15-11-2-4-14-18-12(9-20(14)8-11)10-1-3-13(16-7-10)21-6-5-17-19-21/h1-9H. The molecule has 0 amide bonds. The Kier molecular flexibility index (Phi) is 2.50. The van der Waals surface area contributed by atoms with Crippen LogP contribution >= 0.6 is 0 Å². The summed E-state index contributed by atoms with van der Waals surface area (Å²) in [6.07, 6.45) is 8.17. The number of hydrogen-bond acceptors (Lipinski definition) is 4. The maximum atomic E-state index is 13.2. The predicted octanol–water partition coefficient (Wildman–Crippen LogP) is 2.12. The van der Waals surface area contributed by atoms with E-state index in [1.807, 2.05) is 12.1 Å². The highest BCUT2D eigenvalue weighted by molar-refractivity contribution is 5.62. The molecule has 0 radical (unpaired) electrons. The van der Waals surface area contributed by atoms with Crippen molar-refractivity contribution in [1.29, 1.82) is 0 Å². The fourth-order valence-corrected chi connectivity index (χ4v) is 2.11. The van der Waals surface area contributed by atoms with Crippen molar-refractivity contribution in [1.82, 2.24) is 29.4 Å². The van der Waals surface area contributed by atoms with Gasteiger partial charge < -0.3 is 4.40 Å². The fraction of sp³-hybridized carbons (Fsp3) is 0. The summed E-state index contributed by atoms with van der Waals surface area (Å²) in [6, 6.07) is 6.74. The quantitative estimate of drug-likeness (QED) is 0.564. The number of rotatable bonds is 2. The van der Waals surface area contributed by atoms with E-state index in [9.17, 15) is 4.39 Å². The average Bonchev–Trinajstić information content (AvgIpc) is 3.16.